The van der Waals surface area contributed by atoms with E-state index in [0.29, 0.717) is 23.7 Å². The molecule has 0 aromatic heterocycles. The van der Waals surface area contributed by atoms with E-state index in [1.807, 2.05) is 25.1 Å². The number of hydrogen-bond acceptors (Lipinski definition) is 1. The van der Waals surface area contributed by atoms with E-state index < -0.39 is 11.6 Å². The van der Waals surface area contributed by atoms with Crippen LogP contribution in [0.3, 0.4) is 0 Å². The molecule has 2 rings (SSSR count). The summed E-state index contributed by atoms with van der Waals surface area (Å²) in [5, 5.41) is 3.86. The predicted molar refractivity (Wildman–Crippen MR) is 73.1 cm³/mol. The first-order valence-electron chi connectivity index (χ1n) is 5.96. The number of hydrogen-bond donors (Lipinski definition) is 1. The quantitative estimate of drug-likeness (QED) is 0.885. The van der Waals surface area contributed by atoms with Gasteiger partial charge in [0.2, 0.25) is 0 Å². The molecular weight excluding hydrogens is 268 g/mol. The second-order valence-electron chi connectivity index (χ2n) is 4.45. The zero-order valence-electron chi connectivity index (χ0n) is 10.5. The van der Waals surface area contributed by atoms with Crippen molar-refractivity contribution in [3.05, 3.63) is 69.7 Å². The van der Waals surface area contributed by atoms with E-state index in [4.69, 9.17) is 11.6 Å². The average Bonchev–Trinajstić information content (AvgIpc) is 2.36. The van der Waals surface area contributed by atoms with Gasteiger partial charge in [0.1, 0.15) is 0 Å². The molecule has 100 valence electrons. The zero-order valence-corrected chi connectivity index (χ0v) is 11.3. The topological polar surface area (TPSA) is 12.0 Å². The van der Waals surface area contributed by atoms with Gasteiger partial charge in [0.25, 0.3) is 0 Å². The summed E-state index contributed by atoms with van der Waals surface area (Å²) in [6, 6.07) is 9.72. The Morgan fingerprint density at radius 1 is 1.00 bits per heavy atom. The van der Waals surface area contributed by atoms with E-state index >= 15 is 0 Å². The van der Waals surface area contributed by atoms with Gasteiger partial charge in [-0.2, -0.15) is 0 Å². The molecule has 0 unspecified atom stereocenters. The van der Waals surface area contributed by atoms with E-state index in [2.05, 4.69) is 5.32 Å². The number of nitrogens with one attached hydrogen (secondary N) is 1. The minimum absolute atomic E-state index is 0.460. The average molecular weight is 282 g/mol. The fourth-order valence-electron chi connectivity index (χ4n) is 1.79. The van der Waals surface area contributed by atoms with Crippen LogP contribution in [0.4, 0.5) is 8.78 Å². The van der Waals surface area contributed by atoms with Crippen LogP contribution in [0.25, 0.3) is 0 Å². The monoisotopic (exact) mass is 281 g/mol. The van der Waals surface area contributed by atoms with Crippen molar-refractivity contribution in [2.75, 3.05) is 0 Å². The summed E-state index contributed by atoms with van der Waals surface area (Å²) in [6.07, 6.45) is 0. The summed E-state index contributed by atoms with van der Waals surface area (Å²) in [4.78, 5) is 0. The molecule has 0 spiro atoms. The summed E-state index contributed by atoms with van der Waals surface area (Å²) >= 11 is 6.11. The Hall–Kier alpha value is -1.45. The Balaban J connectivity index is 1.94. The van der Waals surface area contributed by atoms with Crippen LogP contribution in [-0.4, -0.2) is 0 Å². The molecule has 19 heavy (non-hydrogen) atoms. The molecule has 0 saturated heterocycles. The third kappa shape index (κ3) is 3.75. The maximum Gasteiger partial charge on any atom is 0.159 e. The lowest BCUT2D eigenvalue weighted by molar-refractivity contribution is 0.506. The van der Waals surface area contributed by atoms with Gasteiger partial charge in [-0.25, -0.2) is 8.78 Å². The minimum Gasteiger partial charge on any atom is -0.309 e. The molecule has 4 heteroatoms. The first kappa shape index (κ1) is 14.0. The Labute approximate surface area is 116 Å². The van der Waals surface area contributed by atoms with Crippen molar-refractivity contribution in [2.45, 2.75) is 20.0 Å². The van der Waals surface area contributed by atoms with Crippen LogP contribution in [-0.2, 0) is 13.1 Å². The highest BCUT2D eigenvalue weighted by Gasteiger charge is 2.03. The Kier molecular flexibility index (Phi) is 4.51. The van der Waals surface area contributed by atoms with Crippen LogP contribution in [0.1, 0.15) is 16.7 Å². The molecule has 0 aliphatic carbocycles. The number of benzene rings is 2. The van der Waals surface area contributed by atoms with E-state index in [9.17, 15) is 8.78 Å². The van der Waals surface area contributed by atoms with Crippen molar-refractivity contribution in [1.82, 2.24) is 5.32 Å². The van der Waals surface area contributed by atoms with Gasteiger partial charge in [-0.05, 0) is 41.8 Å². The van der Waals surface area contributed by atoms with Crippen molar-refractivity contribution in [3.8, 4) is 0 Å². The maximum atomic E-state index is 13.0. The molecule has 0 aliphatic rings. The highest BCUT2D eigenvalue weighted by molar-refractivity contribution is 6.31. The van der Waals surface area contributed by atoms with Gasteiger partial charge in [0, 0.05) is 18.1 Å². The van der Waals surface area contributed by atoms with Crippen LogP contribution in [0.5, 0.6) is 0 Å². The molecule has 0 bridgehead atoms. The lowest BCUT2D eigenvalue weighted by Crippen LogP contribution is -2.13. The van der Waals surface area contributed by atoms with E-state index in [1.54, 1.807) is 6.07 Å². The molecule has 2 aromatic rings. The summed E-state index contributed by atoms with van der Waals surface area (Å²) in [6.45, 7) is 3.02. The smallest absolute Gasteiger partial charge is 0.159 e. The van der Waals surface area contributed by atoms with Crippen molar-refractivity contribution >= 4 is 11.6 Å². The molecule has 0 amide bonds. The third-order valence-corrected chi connectivity index (χ3v) is 3.19. The van der Waals surface area contributed by atoms with Crippen molar-refractivity contribution in [2.24, 2.45) is 0 Å². The first-order chi connectivity index (χ1) is 9.06. The van der Waals surface area contributed by atoms with Crippen LogP contribution in [0.2, 0.25) is 5.02 Å². The maximum absolute atomic E-state index is 13.0. The molecule has 0 fully saturated rings. The summed E-state index contributed by atoms with van der Waals surface area (Å²) < 4.78 is 25.8. The van der Waals surface area contributed by atoms with E-state index in [0.717, 1.165) is 17.2 Å². The summed E-state index contributed by atoms with van der Waals surface area (Å²) in [7, 11) is 0. The fourth-order valence-corrected chi connectivity index (χ4v) is 2.09. The van der Waals surface area contributed by atoms with Gasteiger partial charge in [-0.3, -0.25) is 0 Å². The van der Waals surface area contributed by atoms with Gasteiger partial charge in [0.05, 0.1) is 0 Å². The van der Waals surface area contributed by atoms with Gasteiger partial charge in [-0.1, -0.05) is 29.8 Å². The molecule has 0 heterocycles. The number of rotatable bonds is 4. The fraction of sp³-hybridized carbons (Fsp3) is 0.200. The van der Waals surface area contributed by atoms with Gasteiger partial charge in [-0.15, -0.1) is 0 Å². The van der Waals surface area contributed by atoms with Crippen LogP contribution in [0.15, 0.2) is 36.4 Å². The molecule has 0 saturated carbocycles. The molecule has 0 radical (unpaired) electrons. The summed E-state index contributed by atoms with van der Waals surface area (Å²) in [5.41, 5.74) is 2.78. The molecular formula is C15H14ClF2N. The highest BCUT2D eigenvalue weighted by Crippen LogP contribution is 2.17. The Bertz CT molecular complexity index is 584. The number of halogens is 3. The van der Waals surface area contributed by atoms with Crippen molar-refractivity contribution in [1.29, 1.82) is 0 Å². The van der Waals surface area contributed by atoms with Crippen LogP contribution in [0, 0.1) is 18.6 Å². The largest absolute Gasteiger partial charge is 0.309 e. The predicted octanol–water partition coefficient (Wildman–Crippen LogP) is 4.22. The lowest BCUT2D eigenvalue weighted by atomic mass is 10.1. The molecule has 0 atom stereocenters. The van der Waals surface area contributed by atoms with Gasteiger partial charge < -0.3 is 5.32 Å². The third-order valence-electron chi connectivity index (χ3n) is 2.84. The highest BCUT2D eigenvalue weighted by atomic mass is 35.5. The molecule has 0 aliphatic heterocycles. The van der Waals surface area contributed by atoms with Gasteiger partial charge >= 0.3 is 0 Å². The minimum atomic E-state index is -0.828. The van der Waals surface area contributed by atoms with E-state index in [-0.39, 0.29) is 0 Å². The van der Waals surface area contributed by atoms with Crippen molar-refractivity contribution in [3.63, 3.8) is 0 Å². The molecule has 1 N–H and O–H groups in total. The second kappa shape index (κ2) is 6.13. The standard InChI is InChI=1S/C15H14ClF2N/c1-10-2-4-12(13(16)6-10)9-19-8-11-3-5-14(17)15(18)7-11/h2-7,19H,8-9H2,1H3. The van der Waals surface area contributed by atoms with Crippen molar-refractivity contribution < 1.29 is 8.78 Å². The first-order valence-corrected chi connectivity index (χ1v) is 6.34. The van der Waals surface area contributed by atoms with Crippen LogP contribution >= 0.6 is 11.6 Å². The SMILES string of the molecule is Cc1ccc(CNCc2ccc(F)c(F)c2)c(Cl)c1. The lowest BCUT2D eigenvalue weighted by Gasteiger charge is -2.08. The number of aryl methyl sites for hydroxylation is 1. The van der Waals surface area contributed by atoms with Crippen LogP contribution < -0.4 is 5.32 Å². The Morgan fingerprint density at radius 2 is 1.79 bits per heavy atom. The van der Waals surface area contributed by atoms with Gasteiger partial charge in [0.15, 0.2) is 11.6 Å². The zero-order chi connectivity index (χ0) is 13.8. The molecule has 2 aromatic carbocycles. The molecule has 1 nitrogen and oxygen atoms in total. The Morgan fingerprint density at radius 3 is 2.47 bits per heavy atom. The van der Waals surface area contributed by atoms with E-state index in [1.165, 1.54) is 6.07 Å². The second-order valence-corrected chi connectivity index (χ2v) is 4.85. The summed E-state index contributed by atoms with van der Waals surface area (Å²) in [5.74, 6) is -1.65. The normalized spacial score (nSPS) is 10.7.